The summed E-state index contributed by atoms with van der Waals surface area (Å²) in [4.78, 5) is 22.8. The number of likely N-dealkylation sites (tertiary alicyclic amines) is 1. The summed E-state index contributed by atoms with van der Waals surface area (Å²) in [5.74, 6) is 1.34. The fourth-order valence-corrected chi connectivity index (χ4v) is 3.75. The molecule has 0 spiro atoms. The fourth-order valence-electron chi connectivity index (χ4n) is 3.75. The SMILES string of the molecule is COc1cccc(C(=O)[C@H]2CCCN(Cc3nc4ccc(F)cc4[nH]3)C2)c1. The van der Waals surface area contributed by atoms with E-state index in [0.717, 1.165) is 30.7 Å². The molecule has 3 aromatic rings. The Labute approximate surface area is 157 Å². The molecule has 0 radical (unpaired) electrons. The Morgan fingerprint density at radius 1 is 1.33 bits per heavy atom. The third-order valence-corrected chi connectivity index (χ3v) is 5.10. The van der Waals surface area contributed by atoms with E-state index in [1.165, 1.54) is 12.1 Å². The first kappa shape index (κ1) is 17.7. The van der Waals surface area contributed by atoms with Gasteiger partial charge in [-0.2, -0.15) is 0 Å². The average molecular weight is 367 g/mol. The molecule has 5 nitrogen and oxygen atoms in total. The summed E-state index contributed by atoms with van der Waals surface area (Å²) < 4.78 is 18.6. The second-order valence-electron chi connectivity index (χ2n) is 7.02. The molecule has 0 bridgehead atoms. The van der Waals surface area contributed by atoms with E-state index in [-0.39, 0.29) is 17.5 Å². The first-order valence-electron chi connectivity index (χ1n) is 9.17. The maximum Gasteiger partial charge on any atom is 0.167 e. The van der Waals surface area contributed by atoms with E-state index in [2.05, 4.69) is 14.9 Å². The van der Waals surface area contributed by atoms with Gasteiger partial charge in [0.25, 0.3) is 0 Å². The Morgan fingerprint density at radius 2 is 2.22 bits per heavy atom. The lowest BCUT2D eigenvalue weighted by molar-refractivity contribution is 0.0808. The molecule has 2 aromatic carbocycles. The summed E-state index contributed by atoms with van der Waals surface area (Å²) in [5, 5.41) is 0. The zero-order valence-electron chi connectivity index (χ0n) is 15.2. The maximum absolute atomic E-state index is 13.4. The van der Waals surface area contributed by atoms with E-state index >= 15 is 0 Å². The smallest absolute Gasteiger partial charge is 0.167 e. The number of hydrogen-bond acceptors (Lipinski definition) is 4. The van der Waals surface area contributed by atoms with Gasteiger partial charge in [-0.25, -0.2) is 9.37 Å². The number of nitrogens with one attached hydrogen (secondary N) is 1. The number of aromatic nitrogens is 2. The van der Waals surface area contributed by atoms with Crippen molar-refractivity contribution in [2.24, 2.45) is 5.92 Å². The molecule has 140 valence electrons. The minimum Gasteiger partial charge on any atom is -0.497 e. The first-order chi connectivity index (χ1) is 13.1. The van der Waals surface area contributed by atoms with Crippen molar-refractivity contribution in [3.8, 4) is 5.75 Å². The van der Waals surface area contributed by atoms with Crippen LogP contribution in [0, 0.1) is 11.7 Å². The number of methoxy groups -OCH3 is 1. The molecule has 2 heterocycles. The molecule has 27 heavy (non-hydrogen) atoms. The van der Waals surface area contributed by atoms with Gasteiger partial charge >= 0.3 is 0 Å². The van der Waals surface area contributed by atoms with Crippen LogP contribution < -0.4 is 4.74 Å². The summed E-state index contributed by atoms with van der Waals surface area (Å²) in [5.41, 5.74) is 2.15. The van der Waals surface area contributed by atoms with Gasteiger partial charge in [-0.3, -0.25) is 9.69 Å². The van der Waals surface area contributed by atoms with Gasteiger partial charge in [0.1, 0.15) is 17.4 Å². The quantitative estimate of drug-likeness (QED) is 0.697. The van der Waals surface area contributed by atoms with E-state index in [1.54, 1.807) is 19.2 Å². The topological polar surface area (TPSA) is 58.2 Å². The summed E-state index contributed by atoms with van der Waals surface area (Å²) >= 11 is 0. The van der Waals surface area contributed by atoms with Gasteiger partial charge in [-0.15, -0.1) is 0 Å². The number of imidazole rings is 1. The van der Waals surface area contributed by atoms with E-state index in [0.29, 0.717) is 29.9 Å². The van der Waals surface area contributed by atoms with Crippen LogP contribution in [0.25, 0.3) is 11.0 Å². The zero-order valence-corrected chi connectivity index (χ0v) is 15.2. The van der Waals surface area contributed by atoms with Gasteiger partial charge in [-0.05, 0) is 49.7 Å². The Kier molecular flexibility index (Phi) is 4.90. The number of carbonyl (C=O) groups excluding carboxylic acids is 1. The third-order valence-electron chi connectivity index (χ3n) is 5.10. The largest absolute Gasteiger partial charge is 0.497 e. The van der Waals surface area contributed by atoms with Crippen LogP contribution in [-0.4, -0.2) is 40.9 Å². The number of halogens is 1. The van der Waals surface area contributed by atoms with Crippen molar-refractivity contribution in [2.45, 2.75) is 19.4 Å². The Balaban J connectivity index is 1.46. The van der Waals surface area contributed by atoms with Crippen molar-refractivity contribution in [2.75, 3.05) is 20.2 Å². The number of carbonyl (C=O) groups is 1. The van der Waals surface area contributed by atoms with Crippen LogP contribution in [0.4, 0.5) is 4.39 Å². The molecule has 1 fully saturated rings. The number of fused-ring (bicyclic) bond motifs is 1. The van der Waals surface area contributed by atoms with Crippen molar-refractivity contribution >= 4 is 16.8 Å². The van der Waals surface area contributed by atoms with Crippen molar-refractivity contribution in [3.05, 3.63) is 59.7 Å². The summed E-state index contributed by atoms with van der Waals surface area (Å²) in [6.07, 6.45) is 1.85. The number of Topliss-reactive ketones (excluding diaryl/α,β-unsaturated/α-hetero) is 1. The predicted molar refractivity (Wildman–Crippen MR) is 101 cm³/mol. The molecular weight excluding hydrogens is 345 g/mol. The second-order valence-corrected chi connectivity index (χ2v) is 7.02. The highest BCUT2D eigenvalue weighted by Gasteiger charge is 2.27. The predicted octanol–water partition coefficient (Wildman–Crippen LogP) is 3.81. The number of benzene rings is 2. The van der Waals surface area contributed by atoms with Crippen LogP contribution in [0.3, 0.4) is 0 Å². The highest BCUT2D eigenvalue weighted by atomic mass is 19.1. The summed E-state index contributed by atoms with van der Waals surface area (Å²) in [7, 11) is 1.60. The van der Waals surface area contributed by atoms with Gasteiger partial charge in [0.15, 0.2) is 5.78 Å². The van der Waals surface area contributed by atoms with Crippen molar-refractivity contribution in [1.82, 2.24) is 14.9 Å². The second kappa shape index (κ2) is 7.48. The first-order valence-corrected chi connectivity index (χ1v) is 9.17. The van der Waals surface area contributed by atoms with Gasteiger partial charge in [0, 0.05) is 18.0 Å². The average Bonchev–Trinajstić information content (AvgIpc) is 3.09. The molecule has 1 N–H and O–H groups in total. The maximum atomic E-state index is 13.4. The number of ether oxygens (including phenoxy) is 1. The Morgan fingerprint density at radius 3 is 3.07 bits per heavy atom. The molecular formula is C21H22FN3O2. The van der Waals surface area contributed by atoms with Gasteiger partial charge in [0.2, 0.25) is 0 Å². The minimum atomic E-state index is -0.278. The number of piperidine rings is 1. The highest BCUT2D eigenvalue weighted by Crippen LogP contribution is 2.24. The number of hydrogen-bond donors (Lipinski definition) is 1. The number of aromatic amines is 1. The molecule has 0 unspecified atom stereocenters. The van der Waals surface area contributed by atoms with Crippen LogP contribution in [0.15, 0.2) is 42.5 Å². The number of rotatable bonds is 5. The monoisotopic (exact) mass is 367 g/mol. The third kappa shape index (κ3) is 3.85. The molecule has 1 saturated heterocycles. The number of ketones is 1. The van der Waals surface area contributed by atoms with Crippen molar-refractivity contribution in [1.29, 1.82) is 0 Å². The molecule has 4 rings (SSSR count). The van der Waals surface area contributed by atoms with Crippen LogP contribution in [0.1, 0.15) is 29.0 Å². The van der Waals surface area contributed by atoms with Gasteiger partial charge < -0.3 is 9.72 Å². The number of nitrogens with zero attached hydrogens (tertiary/aromatic N) is 2. The van der Waals surface area contributed by atoms with Crippen LogP contribution >= 0.6 is 0 Å². The lowest BCUT2D eigenvalue weighted by Gasteiger charge is -2.31. The fraction of sp³-hybridized carbons (Fsp3) is 0.333. The van der Waals surface area contributed by atoms with E-state index in [1.807, 2.05) is 18.2 Å². The van der Waals surface area contributed by atoms with E-state index in [4.69, 9.17) is 4.74 Å². The molecule has 1 aliphatic heterocycles. The minimum absolute atomic E-state index is 0.0346. The van der Waals surface area contributed by atoms with Crippen LogP contribution in [0.5, 0.6) is 5.75 Å². The van der Waals surface area contributed by atoms with Crippen molar-refractivity contribution in [3.63, 3.8) is 0 Å². The van der Waals surface area contributed by atoms with Crippen LogP contribution in [0.2, 0.25) is 0 Å². The molecule has 1 atom stereocenters. The zero-order chi connectivity index (χ0) is 18.8. The molecule has 0 amide bonds. The standard InChI is InChI=1S/C21H22FN3O2/c1-27-17-6-2-4-14(10-17)21(26)15-5-3-9-25(12-15)13-20-23-18-8-7-16(22)11-19(18)24-20/h2,4,6-8,10-11,15H,3,5,9,12-13H2,1H3,(H,23,24)/t15-/m0/s1. The molecule has 6 heteroatoms. The lowest BCUT2D eigenvalue weighted by Crippen LogP contribution is -2.38. The van der Waals surface area contributed by atoms with E-state index in [9.17, 15) is 9.18 Å². The Hall–Kier alpha value is -2.73. The molecule has 1 aliphatic rings. The van der Waals surface area contributed by atoms with E-state index < -0.39 is 0 Å². The van der Waals surface area contributed by atoms with Gasteiger partial charge in [0.05, 0.1) is 24.7 Å². The normalized spacial score (nSPS) is 17.9. The summed E-state index contributed by atoms with van der Waals surface area (Å²) in [6, 6.07) is 11.9. The van der Waals surface area contributed by atoms with Crippen LogP contribution in [-0.2, 0) is 6.54 Å². The summed E-state index contributed by atoms with van der Waals surface area (Å²) in [6.45, 7) is 2.24. The van der Waals surface area contributed by atoms with Gasteiger partial charge in [-0.1, -0.05) is 12.1 Å². The lowest BCUT2D eigenvalue weighted by atomic mass is 9.90. The molecule has 1 aromatic heterocycles. The highest BCUT2D eigenvalue weighted by molar-refractivity contribution is 5.98. The number of H-pyrrole nitrogens is 1. The molecule has 0 aliphatic carbocycles. The molecule has 0 saturated carbocycles. The Bertz CT molecular complexity index is 969. The van der Waals surface area contributed by atoms with Crippen molar-refractivity contribution < 1.29 is 13.9 Å².